The van der Waals surface area contributed by atoms with Crippen LogP contribution in [0.15, 0.2) is 36.8 Å². The van der Waals surface area contributed by atoms with Crippen molar-refractivity contribution in [1.82, 2.24) is 24.6 Å². The molecule has 0 radical (unpaired) electrons. The molecule has 1 N–H and O–H groups in total. The van der Waals surface area contributed by atoms with E-state index in [1.54, 1.807) is 6.20 Å². The molecular weight excluding hydrogens is 367 g/mol. The molecule has 1 aliphatic heterocycles. The summed E-state index contributed by atoms with van der Waals surface area (Å²) in [4.78, 5) is 11.5. The van der Waals surface area contributed by atoms with Gasteiger partial charge in [-0.05, 0) is 55.6 Å². The first-order chi connectivity index (χ1) is 14.0. The summed E-state index contributed by atoms with van der Waals surface area (Å²) in [5, 5.41) is 7.76. The molecule has 1 aromatic carbocycles. The van der Waals surface area contributed by atoms with Crippen LogP contribution >= 0.6 is 0 Å². The van der Waals surface area contributed by atoms with Gasteiger partial charge in [-0.2, -0.15) is 5.10 Å². The van der Waals surface area contributed by atoms with Crippen LogP contribution in [-0.4, -0.2) is 38.4 Å². The largest absolute Gasteiger partial charge is 0.324 e. The minimum absolute atomic E-state index is 0.196. The van der Waals surface area contributed by atoms with Crippen LogP contribution in [0.1, 0.15) is 29.5 Å². The Kier molecular flexibility index (Phi) is 4.35. The lowest BCUT2D eigenvalue weighted by Gasteiger charge is -2.10. The average molecular weight is 392 g/mol. The standard InChI is InChI=1S/C22H25FN6/c1-15-8-24-21(26-19-4-3-16-10-28(2)11-17(16)7-19)27-20(15)18-9-25-29(12-18)14-22(13-23)5-6-22/h3-4,7-9,12H,5-6,10-11,13-14H2,1-2H3,(H,24,26,27). The van der Waals surface area contributed by atoms with Crippen LogP contribution in [0.4, 0.5) is 16.0 Å². The molecule has 0 unspecified atom stereocenters. The first-order valence-electron chi connectivity index (χ1n) is 10.0. The maximum Gasteiger partial charge on any atom is 0.227 e. The van der Waals surface area contributed by atoms with E-state index in [1.807, 2.05) is 24.0 Å². The van der Waals surface area contributed by atoms with E-state index in [2.05, 4.69) is 45.5 Å². The highest BCUT2D eigenvalue weighted by Crippen LogP contribution is 2.47. The van der Waals surface area contributed by atoms with E-state index in [0.29, 0.717) is 12.5 Å². The van der Waals surface area contributed by atoms with Gasteiger partial charge >= 0.3 is 0 Å². The fraction of sp³-hybridized carbons (Fsp3) is 0.409. The van der Waals surface area contributed by atoms with Crippen molar-refractivity contribution in [1.29, 1.82) is 0 Å². The monoisotopic (exact) mass is 392 g/mol. The number of halogens is 1. The zero-order chi connectivity index (χ0) is 20.0. The highest BCUT2D eigenvalue weighted by Gasteiger charge is 2.43. The number of benzene rings is 1. The van der Waals surface area contributed by atoms with Gasteiger partial charge in [-0.15, -0.1) is 0 Å². The summed E-state index contributed by atoms with van der Waals surface area (Å²) in [5.74, 6) is 0.562. The number of aromatic nitrogens is 4. The molecule has 7 heteroatoms. The number of aryl methyl sites for hydroxylation is 1. The number of rotatable bonds is 6. The van der Waals surface area contributed by atoms with Crippen molar-refractivity contribution in [2.45, 2.75) is 39.4 Å². The maximum absolute atomic E-state index is 13.2. The Morgan fingerprint density at radius 1 is 1.17 bits per heavy atom. The van der Waals surface area contributed by atoms with Crippen molar-refractivity contribution in [3.05, 3.63) is 53.5 Å². The molecule has 3 heterocycles. The summed E-state index contributed by atoms with van der Waals surface area (Å²) < 4.78 is 15.0. The fourth-order valence-electron chi connectivity index (χ4n) is 3.99. The van der Waals surface area contributed by atoms with Gasteiger partial charge in [0.2, 0.25) is 5.95 Å². The van der Waals surface area contributed by atoms with Crippen molar-refractivity contribution in [2.24, 2.45) is 5.41 Å². The maximum atomic E-state index is 13.2. The number of nitrogens with one attached hydrogen (secondary N) is 1. The predicted molar refractivity (Wildman–Crippen MR) is 111 cm³/mol. The zero-order valence-electron chi connectivity index (χ0n) is 16.8. The van der Waals surface area contributed by atoms with E-state index in [-0.39, 0.29) is 12.1 Å². The Morgan fingerprint density at radius 3 is 2.79 bits per heavy atom. The summed E-state index contributed by atoms with van der Waals surface area (Å²) in [6.07, 6.45) is 7.47. The molecule has 1 fully saturated rings. The fourth-order valence-corrected chi connectivity index (χ4v) is 3.99. The Balaban J connectivity index is 1.37. The second-order valence-corrected chi connectivity index (χ2v) is 8.57. The molecule has 5 rings (SSSR count). The van der Waals surface area contributed by atoms with Crippen LogP contribution in [-0.2, 0) is 19.6 Å². The molecule has 0 spiro atoms. The third-order valence-corrected chi connectivity index (χ3v) is 5.96. The third-order valence-electron chi connectivity index (χ3n) is 5.96. The van der Waals surface area contributed by atoms with Gasteiger partial charge in [0, 0.05) is 48.7 Å². The van der Waals surface area contributed by atoms with E-state index in [4.69, 9.17) is 4.98 Å². The molecule has 150 valence electrons. The highest BCUT2D eigenvalue weighted by atomic mass is 19.1. The predicted octanol–water partition coefficient (Wildman–Crippen LogP) is 4.09. The van der Waals surface area contributed by atoms with Gasteiger partial charge < -0.3 is 5.32 Å². The second kappa shape index (κ2) is 6.91. The number of hydrogen-bond donors (Lipinski definition) is 1. The van der Waals surface area contributed by atoms with Gasteiger partial charge in [0.15, 0.2) is 0 Å². The Labute approximate surface area is 169 Å². The zero-order valence-corrected chi connectivity index (χ0v) is 16.8. The normalized spacial score (nSPS) is 17.3. The first-order valence-corrected chi connectivity index (χ1v) is 10.0. The quantitative estimate of drug-likeness (QED) is 0.685. The lowest BCUT2D eigenvalue weighted by atomic mass is 10.1. The van der Waals surface area contributed by atoms with Gasteiger partial charge in [0.1, 0.15) is 0 Å². The molecular formula is C22H25FN6. The smallest absolute Gasteiger partial charge is 0.227 e. The van der Waals surface area contributed by atoms with Crippen molar-refractivity contribution >= 4 is 11.6 Å². The van der Waals surface area contributed by atoms with Crippen LogP contribution < -0.4 is 5.32 Å². The molecule has 29 heavy (non-hydrogen) atoms. The van der Waals surface area contributed by atoms with Crippen LogP contribution in [0.3, 0.4) is 0 Å². The van der Waals surface area contributed by atoms with E-state index in [1.165, 1.54) is 11.1 Å². The number of anilines is 2. The van der Waals surface area contributed by atoms with Crippen molar-refractivity contribution in [3.8, 4) is 11.3 Å². The lowest BCUT2D eigenvalue weighted by Crippen LogP contribution is -2.13. The summed E-state index contributed by atoms with van der Waals surface area (Å²) >= 11 is 0. The van der Waals surface area contributed by atoms with E-state index < -0.39 is 0 Å². The van der Waals surface area contributed by atoms with Gasteiger partial charge in [0.05, 0.1) is 18.6 Å². The Bertz CT molecular complexity index is 1060. The molecule has 2 aliphatic rings. The molecule has 1 aliphatic carbocycles. The van der Waals surface area contributed by atoms with Crippen LogP contribution in [0, 0.1) is 12.3 Å². The topological polar surface area (TPSA) is 58.9 Å². The summed E-state index contributed by atoms with van der Waals surface area (Å²) in [5.41, 5.74) is 6.27. The first kappa shape index (κ1) is 18.2. The van der Waals surface area contributed by atoms with E-state index >= 15 is 0 Å². The van der Waals surface area contributed by atoms with Gasteiger partial charge in [-0.25, -0.2) is 9.97 Å². The summed E-state index contributed by atoms with van der Waals surface area (Å²) in [6, 6.07) is 6.41. The van der Waals surface area contributed by atoms with Crippen molar-refractivity contribution in [2.75, 3.05) is 19.0 Å². The summed E-state index contributed by atoms with van der Waals surface area (Å²) in [7, 11) is 2.13. The highest BCUT2D eigenvalue weighted by molar-refractivity contribution is 5.64. The van der Waals surface area contributed by atoms with Gasteiger partial charge in [-0.1, -0.05) is 6.07 Å². The van der Waals surface area contributed by atoms with Crippen LogP contribution in [0.25, 0.3) is 11.3 Å². The molecule has 0 saturated heterocycles. The minimum atomic E-state index is -0.278. The van der Waals surface area contributed by atoms with Gasteiger partial charge in [0.25, 0.3) is 0 Å². The molecule has 0 bridgehead atoms. The number of nitrogens with zero attached hydrogens (tertiary/aromatic N) is 5. The van der Waals surface area contributed by atoms with Crippen molar-refractivity contribution in [3.63, 3.8) is 0 Å². The third kappa shape index (κ3) is 3.62. The van der Waals surface area contributed by atoms with E-state index in [9.17, 15) is 4.39 Å². The van der Waals surface area contributed by atoms with Crippen molar-refractivity contribution < 1.29 is 4.39 Å². The Hall–Kier alpha value is -2.80. The molecule has 3 aromatic rings. The molecule has 2 aromatic heterocycles. The number of alkyl halides is 1. The molecule has 0 amide bonds. The Morgan fingerprint density at radius 2 is 2.00 bits per heavy atom. The molecule has 1 saturated carbocycles. The average Bonchev–Trinajstić information content (AvgIpc) is 3.15. The van der Waals surface area contributed by atoms with Gasteiger partial charge in [-0.3, -0.25) is 14.0 Å². The number of fused-ring (bicyclic) bond motifs is 1. The SMILES string of the molecule is Cc1cnc(Nc2ccc3c(c2)CN(C)C3)nc1-c1cnn(CC2(CF)CC2)c1. The number of hydrogen-bond acceptors (Lipinski definition) is 5. The van der Waals surface area contributed by atoms with Crippen LogP contribution in [0.2, 0.25) is 0 Å². The second-order valence-electron chi connectivity index (χ2n) is 8.57. The van der Waals surface area contributed by atoms with Crippen LogP contribution in [0.5, 0.6) is 0 Å². The summed E-state index contributed by atoms with van der Waals surface area (Å²) in [6.45, 7) is 4.30. The van der Waals surface area contributed by atoms with E-state index in [0.717, 1.165) is 48.4 Å². The minimum Gasteiger partial charge on any atom is -0.324 e. The molecule has 0 atom stereocenters. The lowest BCUT2D eigenvalue weighted by molar-refractivity contribution is 0.294. The molecule has 6 nitrogen and oxygen atoms in total.